The second kappa shape index (κ2) is 12.0. The highest BCUT2D eigenvalue weighted by Gasteiger charge is 2.57. The minimum Gasteiger partial charge on any atom is -0.394 e. The lowest BCUT2D eigenvalue weighted by Gasteiger charge is -2.62. The van der Waals surface area contributed by atoms with E-state index in [0.717, 1.165) is 30.6 Å². The van der Waals surface area contributed by atoms with Gasteiger partial charge in [-0.15, -0.1) is 0 Å². The Morgan fingerprint density at radius 1 is 1.05 bits per heavy atom. The number of carbonyl (C=O) groups is 1. The quantitative estimate of drug-likeness (QED) is 0.386. The van der Waals surface area contributed by atoms with Crippen LogP contribution in [0.1, 0.15) is 98.3 Å². The highest BCUT2D eigenvalue weighted by molar-refractivity contribution is 5.82. The molecule has 1 heterocycles. The first-order valence-electron chi connectivity index (χ1n) is 17.2. The van der Waals surface area contributed by atoms with Gasteiger partial charge >= 0.3 is 0 Å². The first kappa shape index (κ1) is 30.3. The summed E-state index contributed by atoms with van der Waals surface area (Å²) in [5.41, 5.74) is 0.358. The average Bonchev–Trinajstić information content (AvgIpc) is 3.57. The van der Waals surface area contributed by atoms with Crippen molar-refractivity contribution in [1.29, 1.82) is 0 Å². The normalized spacial score (nSPS) is 48.3. The third-order valence-corrected chi connectivity index (χ3v) is 13.7. The van der Waals surface area contributed by atoms with Crippen molar-refractivity contribution < 1.29 is 24.6 Å². The zero-order valence-electron chi connectivity index (χ0n) is 26.3. The second-order valence-electron chi connectivity index (χ2n) is 15.8. The molecule has 2 bridgehead atoms. The highest BCUT2D eigenvalue weighted by Crippen LogP contribution is 2.61. The lowest BCUT2D eigenvalue weighted by atomic mass is 9.45. The molecule has 6 unspecified atom stereocenters. The number of hydrogen-bond donors (Lipinski definition) is 3. The molecule has 41 heavy (non-hydrogen) atoms. The Kier molecular flexibility index (Phi) is 8.86. The topological polar surface area (TPSA) is 91.3 Å². The van der Waals surface area contributed by atoms with Crippen molar-refractivity contribution >= 4 is 5.91 Å². The summed E-state index contributed by atoms with van der Waals surface area (Å²) in [6, 6.07) is -0.460. The van der Waals surface area contributed by atoms with Crippen LogP contribution in [0.3, 0.4) is 0 Å². The van der Waals surface area contributed by atoms with Gasteiger partial charge in [0.1, 0.15) is 12.1 Å². The molecule has 3 N–H and O–H groups in total. The third-order valence-electron chi connectivity index (χ3n) is 13.7. The van der Waals surface area contributed by atoms with Crippen molar-refractivity contribution in [3.8, 4) is 0 Å². The summed E-state index contributed by atoms with van der Waals surface area (Å²) >= 11 is 0. The maximum absolute atomic E-state index is 14.1. The Morgan fingerprint density at radius 2 is 1.78 bits per heavy atom. The number of hydrogen-bond acceptors (Lipinski definition) is 6. The van der Waals surface area contributed by atoms with Gasteiger partial charge in [-0.25, -0.2) is 0 Å². The number of nitrogens with zero attached hydrogens (tertiary/aromatic N) is 1. The van der Waals surface area contributed by atoms with E-state index in [4.69, 9.17) is 9.57 Å². The van der Waals surface area contributed by atoms with Gasteiger partial charge in [0, 0.05) is 31.5 Å². The number of carbonyl (C=O) groups excluding carboxylic acids is 1. The highest BCUT2D eigenvalue weighted by atomic mass is 16.7. The number of fused-ring (bicyclic) bond motifs is 3. The first-order valence-corrected chi connectivity index (χ1v) is 17.2. The fourth-order valence-corrected chi connectivity index (χ4v) is 11.2. The molecule has 0 radical (unpaired) electrons. The van der Waals surface area contributed by atoms with Crippen LogP contribution in [0.15, 0.2) is 0 Å². The zero-order valence-corrected chi connectivity index (χ0v) is 26.3. The van der Waals surface area contributed by atoms with E-state index in [1.54, 1.807) is 6.92 Å². The minimum absolute atomic E-state index is 0.0521. The van der Waals surface area contributed by atoms with Crippen molar-refractivity contribution in [2.24, 2.45) is 58.7 Å². The van der Waals surface area contributed by atoms with E-state index in [1.165, 1.54) is 57.8 Å². The molecule has 1 saturated heterocycles. The molecule has 7 nitrogen and oxygen atoms in total. The van der Waals surface area contributed by atoms with E-state index in [9.17, 15) is 15.0 Å². The van der Waals surface area contributed by atoms with E-state index in [0.29, 0.717) is 35.6 Å². The second-order valence-corrected chi connectivity index (χ2v) is 15.8. The first-order chi connectivity index (χ1) is 19.6. The predicted molar refractivity (Wildman–Crippen MR) is 159 cm³/mol. The number of aliphatic hydroxyl groups is 2. The van der Waals surface area contributed by atoms with Crippen LogP contribution in [0.5, 0.6) is 0 Å². The van der Waals surface area contributed by atoms with Gasteiger partial charge in [-0.05, 0) is 98.7 Å². The van der Waals surface area contributed by atoms with E-state index >= 15 is 0 Å². The van der Waals surface area contributed by atoms with Crippen molar-refractivity contribution in [2.75, 3.05) is 20.3 Å². The van der Waals surface area contributed by atoms with Gasteiger partial charge in [0.2, 0.25) is 5.91 Å². The van der Waals surface area contributed by atoms with Crippen molar-refractivity contribution in [3.05, 3.63) is 0 Å². The van der Waals surface area contributed by atoms with Gasteiger partial charge in [-0.1, -0.05) is 46.5 Å². The van der Waals surface area contributed by atoms with Gasteiger partial charge in [0.05, 0.1) is 18.8 Å². The largest absolute Gasteiger partial charge is 0.394 e. The molecule has 0 aromatic rings. The molecule has 7 fully saturated rings. The molecule has 6 saturated carbocycles. The molecule has 234 valence electrons. The van der Waals surface area contributed by atoms with E-state index in [1.807, 2.05) is 12.2 Å². The predicted octanol–water partition coefficient (Wildman–Crippen LogP) is 4.79. The fraction of sp³-hybridized carbons (Fsp3) is 0.971. The Morgan fingerprint density at radius 3 is 2.46 bits per heavy atom. The monoisotopic (exact) mass is 574 g/mol. The molecule has 6 aliphatic carbocycles. The van der Waals surface area contributed by atoms with Gasteiger partial charge in [-0.2, -0.15) is 5.06 Å². The molecule has 1 amide bonds. The van der Waals surface area contributed by atoms with E-state index in [2.05, 4.69) is 26.1 Å². The molecule has 14 atom stereocenters. The molecule has 0 aromatic heterocycles. The number of amides is 1. The Bertz CT molecular complexity index is 927. The number of ether oxygens (including phenoxy) is 1. The molecular formula is C34H58N2O5. The third kappa shape index (κ3) is 5.43. The van der Waals surface area contributed by atoms with Crippen LogP contribution < -0.4 is 5.32 Å². The van der Waals surface area contributed by atoms with Gasteiger partial charge in [0.15, 0.2) is 0 Å². The Balaban J connectivity index is 1.17. The van der Waals surface area contributed by atoms with Crippen molar-refractivity contribution in [1.82, 2.24) is 10.4 Å². The Labute approximate surface area is 248 Å². The average molecular weight is 575 g/mol. The van der Waals surface area contributed by atoms with Crippen molar-refractivity contribution in [3.63, 3.8) is 0 Å². The standard InChI is InChI=1S/C34H58N2O5/c1-19-27-15-25(34(27,3)4)16-28(19)35-33(39)31-30(20(2)38)29(18-37)41-36(31)17-24-10-7-11-26(32(24)40-5)23-13-12-21-8-6-9-22(21)14-23/h19-32,37-38H,6-18H2,1-5H3,(H,35,39)/t19-,20-,21?,22?,23?,24?,25+,26?,27-,28-,29-,30+,31-,32?/m0/s1. The van der Waals surface area contributed by atoms with Gasteiger partial charge in [0.25, 0.3) is 0 Å². The molecular weight excluding hydrogens is 516 g/mol. The summed E-state index contributed by atoms with van der Waals surface area (Å²) in [6.45, 7) is 9.18. The number of methoxy groups -OCH3 is 1. The molecule has 0 spiro atoms. The van der Waals surface area contributed by atoms with E-state index < -0.39 is 24.2 Å². The van der Waals surface area contributed by atoms with Crippen LogP contribution in [-0.4, -0.2) is 71.8 Å². The summed E-state index contributed by atoms with van der Waals surface area (Å²) in [5.74, 6) is 4.65. The SMILES string of the molecule is COC1C(CN2O[C@@H](CO)[C@@H]([C@H](C)O)[C@H]2C(=O)N[C@H]2C[C@H]3C[C@@H]([C@@H]2C)C3(C)C)CCCC1C1CCC2CCCC2C1. The van der Waals surface area contributed by atoms with Crippen LogP contribution in [0.25, 0.3) is 0 Å². The van der Waals surface area contributed by atoms with Crippen LogP contribution in [0.2, 0.25) is 0 Å². The Hall–Kier alpha value is -0.730. The zero-order chi connectivity index (χ0) is 29.1. The summed E-state index contributed by atoms with van der Waals surface area (Å²) in [4.78, 5) is 20.4. The lowest BCUT2D eigenvalue weighted by Crippen LogP contribution is -2.62. The molecule has 7 heteroatoms. The van der Waals surface area contributed by atoms with Crippen LogP contribution in [-0.2, 0) is 14.4 Å². The van der Waals surface area contributed by atoms with Crippen LogP contribution in [0.4, 0.5) is 0 Å². The maximum Gasteiger partial charge on any atom is 0.240 e. The fourth-order valence-electron chi connectivity index (χ4n) is 11.2. The summed E-state index contributed by atoms with van der Waals surface area (Å²) in [6.07, 6.45) is 12.9. The van der Waals surface area contributed by atoms with Crippen molar-refractivity contribution in [2.45, 2.75) is 129 Å². The van der Waals surface area contributed by atoms with E-state index in [-0.39, 0.29) is 30.6 Å². The molecule has 7 rings (SSSR count). The maximum atomic E-state index is 14.1. The van der Waals surface area contributed by atoms with Crippen LogP contribution in [0, 0.1) is 58.7 Å². The smallest absolute Gasteiger partial charge is 0.240 e. The number of nitrogens with one attached hydrogen (secondary N) is 1. The lowest BCUT2D eigenvalue weighted by molar-refractivity contribution is -0.193. The minimum atomic E-state index is -0.761. The van der Waals surface area contributed by atoms with Gasteiger partial charge in [-0.3, -0.25) is 9.63 Å². The molecule has 7 aliphatic rings. The van der Waals surface area contributed by atoms with Gasteiger partial charge < -0.3 is 20.3 Å². The number of aliphatic hydroxyl groups excluding tert-OH is 2. The summed E-state index contributed by atoms with van der Waals surface area (Å²) in [7, 11) is 1.87. The van der Waals surface area contributed by atoms with Crippen LogP contribution >= 0.6 is 0 Å². The molecule has 1 aliphatic heterocycles. The number of rotatable bonds is 8. The summed E-state index contributed by atoms with van der Waals surface area (Å²) in [5, 5.41) is 26.3. The number of hydroxylamine groups is 2. The molecule has 0 aromatic carbocycles. The summed E-state index contributed by atoms with van der Waals surface area (Å²) < 4.78 is 6.30.